The fourth-order valence-electron chi connectivity index (χ4n) is 10.6. The van der Waals surface area contributed by atoms with Crippen molar-refractivity contribution >= 4 is 68.0 Å². The fourth-order valence-corrected chi connectivity index (χ4v) is 10.6. The molecule has 1 N–H and O–H groups in total. The first kappa shape index (κ1) is 48.1. The molecule has 1 saturated heterocycles. The molecular weight excluding hydrogens is 964 g/mol. The predicted molar refractivity (Wildman–Crippen MR) is 265 cm³/mol. The van der Waals surface area contributed by atoms with Crippen molar-refractivity contribution in [1.29, 1.82) is 0 Å². The van der Waals surface area contributed by atoms with E-state index in [1.165, 1.54) is 55.5 Å². The molecule has 1 fully saturated rings. The highest BCUT2D eigenvalue weighted by molar-refractivity contribution is 6.08. The molecule has 0 spiro atoms. The average molecular weight is 1020 g/mol. The first-order chi connectivity index (χ1) is 32.3. The minimum Gasteiger partial charge on any atom is -1.00 e. The molecule has 0 bridgehead atoms. The number of amides is 3. The van der Waals surface area contributed by atoms with Crippen LogP contribution in [0.5, 0.6) is 5.75 Å². The highest BCUT2D eigenvalue weighted by atomic mass is 127. The summed E-state index contributed by atoms with van der Waals surface area (Å²) in [6.45, 7) is 15.4. The number of halogens is 1. The molecule has 9 rings (SSSR count). The van der Waals surface area contributed by atoms with E-state index in [0.29, 0.717) is 16.5 Å². The third-order valence-corrected chi connectivity index (χ3v) is 13.8. The van der Waals surface area contributed by atoms with Crippen LogP contribution >= 0.6 is 0 Å². The van der Waals surface area contributed by atoms with E-state index in [0.717, 1.165) is 49.3 Å². The van der Waals surface area contributed by atoms with Crippen molar-refractivity contribution < 1.29 is 57.3 Å². The molecule has 0 aromatic heterocycles. The number of rotatable bonds is 13. The average Bonchev–Trinajstić information content (AvgIpc) is 3.85. The second kappa shape index (κ2) is 19.7. The van der Waals surface area contributed by atoms with Crippen molar-refractivity contribution in [2.45, 2.75) is 104 Å². The number of likely N-dealkylation sites (N-methyl/N-ethyl adjacent to an activating group) is 1. The minimum atomic E-state index is -0.728. The van der Waals surface area contributed by atoms with Crippen molar-refractivity contribution in [3.8, 4) is 5.75 Å². The van der Waals surface area contributed by atoms with Crippen LogP contribution in [0, 0.1) is 0 Å². The van der Waals surface area contributed by atoms with Crippen LogP contribution in [0.3, 0.4) is 0 Å². The van der Waals surface area contributed by atoms with Crippen LogP contribution in [0.4, 0.5) is 17.1 Å². The van der Waals surface area contributed by atoms with Gasteiger partial charge in [0.05, 0.1) is 5.41 Å². The number of allylic oxidation sites excluding steroid dienone is 7. The summed E-state index contributed by atoms with van der Waals surface area (Å²) in [5, 5.41) is 8.49. The van der Waals surface area contributed by atoms with Gasteiger partial charge in [-0.15, -0.1) is 5.06 Å². The maximum absolute atomic E-state index is 12.9. The van der Waals surface area contributed by atoms with Crippen molar-refractivity contribution in [1.82, 2.24) is 5.06 Å². The molecule has 11 heteroatoms. The molecule has 5 aromatic carbocycles. The second-order valence-electron chi connectivity index (χ2n) is 18.8. The van der Waals surface area contributed by atoms with Gasteiger partial charge < -0.3 is 43.8 Å². The van der Waals surface area contributed by atoms with E-state index in [1.54, 1.807) is 0 Å². The summed E-state index contributed by atoms with van der Waals surface area (Å²) in [6, 6.07) is 33.7. The smallest absolute Gasteiger partial charge is 0.333 e. The van der Waals surface area contributed by atoms with Crippen LogP contribution in [0.15, 0.2) is 144 Å². The van der Waals surface area contributed by atoms with Gasteiger partial charge >= 0.3 is 5.97 Å². The van der Waals surface area contributed by atoms with Crippen LogP contribution in [0.25, 0.3) is 21.5 Å². The lowest BCUT2D eigenvalue weighted by Gasteiger charge is -2.27. The minimum absolute atomic E-state index is 0. The summed E-state index contributed by atoms with van der Waals surface area (Å²) < 4.78 is 9.41. The molecule has 0 radical (unpaired) electrons. The molecule has 1 aliphatic carbocycles. The van der Waals surface area contributed by atoms with Gasteiger partial charge in [0.25, 0.3) is 11.8 Å². The zero-order valence-corrected chi connectivity index (χ0v) is 41.9. The van der Waals surface area contributed by atoms with Gasteiger partial charge in [0.1, 0.15) is 18.1 Å². The lowest BCUT2D eigenvalue weighted by molar-refractivity contribution is -0.433. The van der Waals surface area contributed by atoms with Gasteiger partial charge in [0.15, 0.2) is 5.71 Å². The van der Waals surface area contributed by atoms with Crippen LogP contribution < -0.4 is 38.9 Å². The summed E-state index contributed by atoms with van der Waals surface area (Å²) in [6.07, 6.45) is 12.0. The molecule has 0 unspecified atom stereocenters. The van der Waals surface area contributed by atoms with E-state index >= 15 is 0 Å². The molecule has 68 heavy (non-hydrogen) atoms. The Kier molecular flexibility index (Phi) is 14.0. The zero-order chi connectivity index (χ0) is 47.0. The van der Waals surface area contributed by atoms with Gasteiger partial charge in [0, 0.05) is 72.4 Å². The third kappa shape index (κ3) is 9.04. The van der Waals surface area contributed by atoms with Gasteiger partial charge in [-0.1, -0.05) is 74.5 Å². The first-order valence-electron chi connectivity index (χ1n) is 23.7. The third-order valence-electron chi connectivity index (χ3n) is 13.8. The molecule has 3 amide bonds. The van der Waals surface area contributed by atoms with E-state index in [1.807, 2.05) is 24.3 Å². The Morgan fingerprint density at radius 3 is 2.07 bits per heavy atom. The number of benzene rings is 5. The summed E-state index contributed by atoms with van der Waals surface area (Å²) >= 11 is 0. The number of ether oxygens (including phenoxy) is 1. The molecule has 10 nitrogen and oxygen atoms in total. The SMILES string of the molecule is CCN1C(=CC=C2CCCC(C=CC3=[N+](CC)c4ccc5ccccc5c4C3(C)C)=C2Oc2ccc(NC(=O)CCCC(=O)ON3C(=O)CCC3=O)cc2)C(C)(C)c2c1ccc1ccccc21.[I-]. The maximum atomic E-state index is 12.9. The molecular formula is C57H59IN4O6. The number of hydrogen-bond acceptors (Lipinski definition) is 7. The van der Waals surface area contributed by atoms with E-state index in [9.17, 15) is 19.2 Å². The topological polar surface area (TPSA) is 108 Å². The van der Waals surface area contributed by atoms with Gasteiger partial charge in [-0.2, -0.15) is 4.58 Å². The number of nitrogens with zero attached hydrogens (tertiary/aromatic N) is 3. The Balaban J connectivity index is 0.00000625. The summed E-state index contributed by atoms with van der Waals surface area (Å²) in [5.41, 5.74) is 10.1. The lowest BCUT2D eigenvalue weighted by atomic mass is 9.78. The van der Waals surface area contributed by atoms with Gasteiger partial charge in [-0.3, -0.25) is 14.4 Å². The van der Waals surface area contributed by atoms with Gasteiger partial charge in [-0.05, 0) is 140 Å². The van der Waals surface area contributed by atoms with Crippen LogP contribution in [-0.2, 0) is 34.8 Å². The van der Waals surface area contributed by atoms with Crippen molar-refractivity contribution in [3.63, 3.8) is 0 Å². The van der Waals surface area contributed by atoms with E-state index in [4.69, 9.17) is 9.57 Å². The van der Waals surface area contributed by atoms with E-state index in [-0.39, 0.29) is 72.8 Å². The van der Waals surface area contributed by atoms with Crippen molar-refractivity contribution in [2.75, 3.05) is 23.3 Å². The second-order valence-corrected chi connectivity index (χ2v) is 18.8. The van der Waals surface area contributed by atoms with Crippen molar-refractivity contribution in [2.24, 2.45) is 0 Å². The normalized spacial score (nSPS) is 18.6. The summed E-state index contributed by atoms with van der Waals surface area (Å²) in [7, 11) is 0. The molecule has 0 atom stereocenters. The molecule has 3 heterocycles. The van der Waals surface area contributed by atoms with Crippen LogP contribution in [0.2, 0.25) is 0 Å². The highest BCUT2D eigenvalue weighted by Gasteiger charge is 2.45. The largest absolute Gasteiger partial charge is 1.00 e. The number of imide groups is 1. The number of carbonyl (C=O) groups excluding carboxylic acids is 4. The first-order valence-corrected chi connectivity index (χ1v) is 23.7. The van der Waals surface area contributed by atoms with E-state index < -0.39 is 17.8 Å². The molecule has 3 aliphatic heterocycles. The number of hydrogen-bond donors (Lipinski definition) is 1. The molecule has 0 saturated carbocycles. The quantitative estimate of drug-likeness (QED) is 0.0714. The molecule has 5 aromatic rings. The number of nitrogens with one attached hydrogen (secondary N) is 1. The van der Waals surface area contributed by atoms with Gasteiger partial charge in [-0.25, -0.2) is 4.79 Å². The Labute approximate surface area is 416 Å². The van der Waals surface area contributed by atoms with Crippen LogP contribution in [-0.4, -0.2) is 52.1 Å². The lowest BCUT2D eigenvalue weighted by Crippen LogP contribution is -3.00. The maximum Gasteiger partial charge on any atom is 0.333 e. The summed E-state index contributed by atoms with van der Waals surface area (Å²) in [4.78, 5) is 56.1. The number of carbonyl (C=O) groups is 4. The Bertz CT molecular complexity index is 3000. The predicted octanol–water partition coefficient (Wildman–Crippen LogP) is 8.81. The van der Waals surface area contributed by atoms with Crippen LogP contribution in [0.1, 0.15) is 104 Å². The molecule has 4 aliphatic rings. The number of fused-ring (bicyclic) bond motifs is 6. The van der Waals surface area contributed by atoms with Crippen molar-refractivity contribution in [3.05, 3.63) is 155 Å². The Morgan fingerprint density at radius 1 is 0.735 bits per heavy atom. The highest BCUT2D eigenvalue weighted by Crippen LogP contribution is 2.51. The number of anilines is 2. The zero-order valence-electron chi connectivity index (χ0n) is 39.8. The van der Waals surface area contributed by atoms with Gasteiger partial charge in [0.2, 0.25) is 11.6 Å². The monoisotopic (exact) mass is 1020 g/mol. The molecule has 350 valence electrons. The Hall–Kier alpha value is -6.34. The van der Waals surface area contributed by atoms with E-state index in [2.05, 4.69) is 153 Å². The number of hydroxylamine groups is 2. The standard InChI is InChI=1S/C57H58N4O6.HI/c1-7-59-45-31-23-37-15-9-11-19-43(37)53(45)56(3,4)47(59)33-25-39-17-13-18-40(26-34-48-57(5,6)54-44-20-12-10-16-38(44)24-32-46(54)60(48)8-2)55(39)66-42-29-27-41(28-30-42)58-49(62)21-14-22-52(65)67-61-50(63)35-36-51(61)64;/h9-12,15-16,19-20,23-34H,7-8,13-14,17-18,21-22,35-36H2,1-6H3;1H. The fraction of sp³-hybridized carbons (Fsp3) is 0.316. The Morgan fingerprint density at radius 2 is 1.40 bits per heavy atom. The summed E-state index contributed by atoms with van der Waals surface area (Å²) in [5.74, 6) is -0.587.